The van der Waals surface area contributed by atoms with Crippen LogP contribution in [0.15, 0.2) is 36.4 Å². The molecule has 2 N–H and O–H groups in total. The Morgan fingerprint density at radius 1 is 1.32 bits per heavy atom. The van der Waals surface area contributed by atoms with Gasteiger partial charge in [-0.25, -0.2) is 4.68 Å². The first-order chi connectivity index (χ1) is 12.2. The number of fused-ring (bicyclic) bond motifs is 1. The van der Waals surface area contributed by atoms with Crippen LogP contribution in [-0.4, -0.2) is 46.3 Å². The molecule has 2 atom stereocenters. The number of nitrogens with one attached hydrogen (secondary N) is 2. The molecule has 2 aliphatic heterocycles. The van der Waals surface area contributed by atoms with Crippen LogP contribution in [0.1, 0.15) is 17.7 Å². The molecule has 0 bridgehead atoms. The van der Waals surface area contributed by atoms with Gasteiger partial charge in [0.25, 0.3) is 0 Å². The van der Waals surface area contributed by atoms with Crippen LogP contribution in [0.5, 0.6) is 0 Å². The SMILES string of the molecule is Cc1cc2n(n1)C[C@@H](CN[C@H]1CCN(Cc3ccccc3)C1=O)CN2. The molecule has 25 heavy (non-hydrogen) atoms. The summed E-state index contributed by atoms with van der Waals surface area (Å²) in [6, 6.07) is 12.2. The summed E-state index contributed by atoms with van der Waals surface area (Å²) in [6.07, 6.45) is 0.887. The molecule has 0 spiro atoms. The van der Waals surface area contributed by atoms with Crippen LogP contribution in [0, 0.1) is 12.8 Å². The van der Waals surface area contributed by atoms with Crippen LogP contribution in [0.3, 0.4) is 0 Å². The van der Waals surface area contributed by atoms with Crippen molar-refractivity contribution in [2.75, 3.05) is 25.0 Å². The third-order valence-electron chi connectivity index (χ3n) is 5.07. The number of hydrogen-bond donors (Lipinski definition) is 2. The second-order valence-corrected chi connectivity index (χ2v) is 7.09. The molecule has 1 aromatic heterocycles. The molecule has 3 heterocycles. The van der Waals surface area contributed by atoms with Crippen molar-refractivity contribution in [3.8, 4) is 0 Å². The maximum atomic E-state index is 12.6. The molecule has 6 heteroatoms. The van der Waals surface area contributed by atoms with Gasteiger partial charge in [0, 0.05) is 44.7 Å². The molecule has 1 aromatic carbocycles. The normalized spacial score (nSPS) is 22.8. The lowest BCUT2D eigenvalue weighted by molar-refractivity contribution is -0.129. The van der Waals surface area contributed by atoms with E-state index >= 15 is 0 Å². The van der Waals surface area contributed by atoms with Gasteiger partial charge in [0.1, 0.15) is 5.82 Å². The zero-order chi connectivity index (χ0) is 17.2. The minimum atomic E-state index is -0.0514. The number of rotatable bonds is 5. The van der Waals surface area contributed by atoms with Crippen LogP contribution in [0.2, 0.25) is 0 Å². The van der Waals surface area contributed by atoms with Gasteiger partial charge < -0.3 is 15.5 Å². The molecule has 1 saturated heterocycles. The molecular weight excluding hydrogens is 314 g/mol. The van der Waals surface area contributed by atoms with Crippen molar-refractivity contribution in [2.24, 2.45) is 5.92 Å². The first kappa shape index (κ1) is 16.1. The fourth-order valence-electron chi connectivity index (χ4n) is 3.72. The van der Waals surface area contributed by atoms with E-state index in [9.17, 15) is 4.79 Å². The van der Waals surface area contributed by atoms with Crippen LogP contribution >= 0.6 is 0 Å². The van der Waals surface area contributed by atoms with Gasteiger partial charge in [0.15, 0.2) is 0 Å². The fraction of sp³-hybridized carbons (Fsp3) is 0.474. The number of likely N-dealkylation sites (tertiary alicyclic amines) is 1. The molecular formula is C19H25N5O. The molecule has 4 rings (SSSR count). The number of hydrogen-bond acceptors (Lipinski definition) is 4. The predicted molar refractivity (Wildman–Crippen MR) is 97.2 cm³/mol. The van der Waals surface area contributed by atoms with Crippen LogP contribution in [0.4, 0.5) is 5.82 Å². The van der Waals surface area contributed by atoms with E-state index in [0.29, 0.717) is 12.5 Å². The van der Waals surface area contributed by atoms with Crippen molar-refractivity contribution in [2.45, 2.75) is 32.5 Å². The summed E-state index contributed by atoms with van der Waals surface area (Å²) in [7, 11) is 0. The number of carbonyl (C=O) groups excluding carboxylic acids is 1. The van der Waals surface area contributed by atoms with E-state index in [1.165, 1.54) is 5.56 Å². The number of aryl methyl sites for hydroxylation is 1. The van der Waals surface area contributed by atoms with Gasteiger partial charge >= 0.3 is 0 Å². The summed E-state index contributed by atoms with van der Waals surface area (Å²) < 4.78 is 2.03. The Kier molecular flexibility index (Phi) is 4.44. The number of benzene rings is 1. The standard InChI is InChI=1S/C19H25N5O/c1-14-9-18-21-11-16(13-24(18)22-14)10-20-17-7-8-23(19(17)25)12-15-5-3-2-4-6-15/h2-6,9,16-17,20-21H,7-8,10-13H2,1H3/t16-,17-/m0/s1. The molecule has 0 aliphatic carbocycles. The van der Waals surface area contributed by atoms with E-state index in [0.717, 1.165) is 44.1 Å². The van der Waals surface area contributed by atoms with E-state index in [-0.39, 0.29) is 11.9 Å². The molecule has 0 saturated carbocycles. The summed E-state index contributed by atoms with van der Waals surface area (Å²) in [4.78, 5) is 14.6. The van der Waals surface area contributed by atoms with Crippen molar-refractivity contribution in [3.05, 3.63) is 47.7 Å². The Morgan fingerprint density at radius 2 is 2.16 bits per heavy atom. The minimum Gasteiger partial charge on any atom is -0.370 e. The number of amides is 1. The first-order valence-electron chi connectivity index (χ1n) is 9.03. The van der Waals surface area contributed by atoms with Crippen LogP contribution < -0.4 is 10.6 Å². The Labute approximate surface area is 148 Å². The molecule has 2 aromatic rings. The van der Waals surface area contributed by atoms with Gasteiger partial charge in [-0.1, -0.05) is 30.3 Å². The highest BCUT2D eigenvalue weighted by atomic mass is 16.2. The van der Waals surface area contributed by atoms with Crippen molar-refractivity contribution in [3.63, 3.8) is 0 Å². The largest absolute Gasteiger partial charge is 0.370 e. The lowest BCUT2D eigenvalue weighted by Gasteiger charge is -2.26. The minimum absolute atomic E-state index is 0.0514. The topological polar surface area (TPSA) is 62.2 Å². The van der Waals surface area contributed by atoms with Crippen LogP contribution in [0.25, 0.3) is 0 Å². The van der Waals surface area contributed by atoms with Crippen LogP contribution in [-0.2, 0) is 17.9 Å². The zero-order valence-electron chi connectivity index (χ0n) is 14.6. The molecule has 0 unspecified atom stereocenters. The molecule has 132 valence electrons. The summed E-state index contributed by atoms with van der Waals surface area (Å²) in [5, 5.41) is 11.4. The maximum Gasteiger partial charge on any atom is 0.240 e. The number of nitrogens with zero attached hydrogens (tertiary/aromatic N) is 3. The van der Waals surface area contributed by atoms with E-state index in [4.69, 9.17) is 0 Å². The second-order valence-electron chi connectivity index (χ2n) is 7.09. The molecule has 6 nitrogen and oxygen atoms in total. The third kappa shape index (κ3) is 3.54. The molecule has 0 radical (unpaired) electrons. The third-order valence-corrected chi connectivity index (χ3v) is 5.07. The lowest BCUT2D eigenvalue weighted by atomic mass is 10.1. The number of aromatic nitrogens is 2. The monoisotopic (exact) mass is 339 g/mol. The summed E-state index contributed by atoms with van der Waals surface area (Å²) in [5.74, 6) is 1.77. The van der Waals surface area contributed by atoms with Gasteiger partial charge in [0.2, 0.25) is 5.91 Å². The van der Waals surface area contributed by atoms with Crippen molar-refractivity contribution in [1.29, 1.82) is 0 Å². The highest BCUT2D eigenvalue weighted by molar-refractivity contribution is 5.83. The highest BCUT2D eigenvalue weighted by Crippen LogP contribution is 2.19. The quantitative estimate of drug-likeness (QED) is 0.869. The Balaban J connectivity index is 1.28. The summed E-state index contributed by atoms with van der Waals surface area (Å²) >= 11 is 0. The fourth-order valence-corrected chi connectivity index (χ4v) is 3.72. The van der Waals surface area contributed by atoms with E-state index in [2.05, 4.69) is 33.9 Å². The molecule has 1 fully saturated rings. The molecule has 1 amide bonds. The number of carbonyl (C=O) groups is 1. The van der Waals surface area contributed by atoms with Crippen molar-refractivity contribution >= 4 is 11.7 Å². The predicted octanol–water partition coefficient (Wildman–Crippen LogP) is 1.62. The zero-order valence-corrected chi connectivity index (χ0v) is 14.6. The maximum absolute atomic E-state index is 12.6. The Hall–Kier alpha value is -2.34. The van der Waals surface area contributed by atoms with Crippen molar-refractivity contribution in [1.82, 2.24) is 20.0 Å². The summed E-state index contributed by atoms with van der Waals surface area (Å²) in [5.41, 5.74) is 2.23. The first-order valence-corrected chi connectivity index (χ1v) is 9.03. The average Bonchev–Trinajstić information content (AvgIpc) is 3.16. The second kappa shape index (κ2) is 6.88. The van der Waals surface area contributed by atoms with E-state index in [1.54, 1.807) is 0 Å². The highest BCUT2D eigenvalue weighted by Gasteiger charge is 2.32. The van der Waals surface area contributed by atoms with Gasteiger partial charge in [-0.15, -0.1) is 0 Å². The Bertz CT molecular complexity index is 742. The smallest absolute Gasteiger partial charge is 0.240 e. The van der Waals surface area contributed by atoms with Crippen molar-refractivity contribution < 1.29 is 4.79 Å². The van der Waals surface area contributed by atoms with Gasteiger partial charge in [-0.2, -0.15) is 5.10 Å². The summed E-state index contributed by atoms with van der Waals surface area (Å²) in [6.45, 7) is 6.21. The van der Waals surface area contributed by atoms with Gasteiger partial charge in [-0.3, -0.25) is 4.79 Å². The Morgan fingerprint density at radius 3 is 3.00 bits per heavy atom. The number of anilines is 1. The molecule has 2 aliphatic rings. The van der Waals surface area contributed by atoms with E-state index in [1.807, 2.05) is 34.7 Å². The van der Waals surface area contributed by atoms with Gasteiger partial charge in [-0.05, 0) is 18.9 Å². The lowest BCUT2D eigenvalue weighted by Crippen LogP contribution is -2.43. The van der Waals surface area contributed by atoms with E-state index < -0.39 is 0 Å². The average molecular weight is 339 g/mol. The van der Waals surface area contributed by atoms with Gasteiger partial charge in [0.05, 0.1) is 11.7 Å².